The van der Waals surface area contributed by atoms with Gasteiger partial charge in [-0.15, -0.1) is 0 Å². The number of allylic oxidation sites excluding steroid dienone is 3. The van der Waals surface area contributed by atoms with Gasteiger partial charge in [-0.25, -0.2) is 4.39 Å². The molecule has 3 nitrogen and oxygen atoms in total. The summed E-state index contributed by atoms with van der Waals surface area (Å²) in [4.78, 5) is 0. The molecular formula is C43H61FO3Si. The van der Waals surface area contributed by atoms with Gasteiger partial charge in [0.25, 0.3) is 8.32 Å². The quantitative estimate of drug-likeness (QED) is 0.247. The molecule has 3 fully saturated rings. The Morgan fingerprint density at radius 1 is 0.979 bits per heavy atom. The van der Waals surface area contributed by atoms with Crippen molar-refractivity contribution in [3.8, 4) is 0 Å². The maximum absolute atomic E-state index is 15.2. The second-order valence-electron chi connectivity index (χ2n) is 17.1. The highest BCUT2D eigenvalue weighted by Gasteiger charge is 2.53. The Balaban J connectivity index is 1.43. The van der Waals surface area contributed by atoms with Crippen LogP contribution in [-0.2, 0) is 4.43 Å². The summed E-state index contributed by atoms with van der Waals surface area (Å²) < 4.78 is 22.5. The molecule has 0 unspecified atom stereocenters. The van der Waals surface area contributed by atoms with Gasteiger partial charge in [-0.2, -0.15) is 0 Å². The normalized spacial score (nSPS) is 30.2. The second-order valence-corrected chi connectivity index (χ2v) is 21.4. The van der Waals surface area contributed by atoms with Gasteiger partial charge in [0.15, 0.2) is 0 Å². The summed E-state index contributed by atoms with van der Waals surface area (Å²) in [6.07, 6.45) is 13.9. The SMILES string of the molecule is C[C@H](CCCC(C)(C)O)[C@H]1CC[C@H]2/C(=C/C=C3/C[C@@H](O)C[C@H](O[Si](c4ccccc4)(c4ccccc4)C(C)(C)C)/C3=C\F)CCC[C@]12C. The Morgan fingerprint density at radius 2 is 1.60 bits per heavy atom. The van der Waals surface area contributed by atoms with Crippen LogP contribution in [0.2, 0.25) is 5.04 Å². The lowest BCUT2D eigenvalue weighted by atomic mass is 9.60. The van der Waals surface area contributed by atoms with E-state index in [9.17, 15) is 10.2 Å². The summed E-state index contributed by atoms with van der Waals surface area (Å²) in [5.74, 6) is 1.86. The fourth-order valence-corrected chi connectivity index (χ4v) is 14.5. The van der Waals surface area contributed by atoms with Gasteiger partial charge < -0.3 is 14.6 Å². The standard InChI is InChI=1S/C43H61FO3Si/c1-31(16-14-26-42(5,6)46)38-24-25-39-32(17-15-27-43(38,39)7)22-23-33-28-34(45)29-40(37(33)30-44)47-48(41(2,3)4,35-18-10-8-11-19-35)36-20-12-9-13-21-36/h8-13,18-23,30-31,34,38-40,45-46H,14-17,24-29H2,1-7H3/b32-22+,33-23-,37-30-/t31-,34-,38-,39+,40+,43-/m1/s1. The molecule has 0 aromatic heterocycles. The number of rotatable bonds is 10. The minimum absolute atomic E-state index is 0.248. The number of aliphatic hydroxyl groups is 2. The lowest BCUT2D eigenvalue weighted by Gasteiger charge is -2.47. The zero-order valence-electron chi connectivity index (χ0n) is 30.6. The first-order chi connectivity index (χ1) is 22.7. The van der Waals surface area contributed by atoms with Gasteiger partial charge >= 0.3 is 0 Å². The van der Waals surface area contributed by atoms with Gasteiger partial charge in [-0.3, -0.25) is 0 Å². The molecule has 3 saturated carbocycles. The van der Waals surface area contributed by atoms with Crippen LogP contribution in [0.4, 0.5) is 4.39 Å². The lowest BCUT2D eigenvalue weighted by molar-refractivity contribution is 0.0596. The minimum atomic E-state index is -2.95. The van der Waals surface area contributed by atoms with E-state index in [2.05, 4.69) is 95.3 Å². The van der Waals surface area contributed by atoms with E-state index < -0.39 is 26.1 Å². The zero-order valence-corrected chi connectivity index (χ0v) is 31.6. The second kappa shape index (κ2) is 14.9. The summed E-state index contributed by atoms with van der Waals surface area (Å²) in [6.45, 7) is 15.5. The highest BCUT2D eigenvalue weighted by atomic mass is 28.4. The molecule has 48 heavy (non-hydrogen) atoms. The monoisotopic (exact) mass is 672 g/mol. The molecule has 262 valence electrons. The molecule has 0 heterocycles. The molecule has 5 heteroatoms. The molecular weight excluding hydrogens is 612 g/mol. The highest BCUT2D eigenvalue weighted by Crippen LogP contribution is 2.60. The van der Waals surface area contributed by atoms with Gasteiger partial charge in [-0.1, -0.05) is 126 Å². The predicted molar refractivity (Wildman–Crippen MR) is 201 cm³/mol. The first-order valence-corrected chi connectivity index (χ1v) is 20.5. The lowest BCUT2D eigenvalue weighted by Crippen LogP contribution is -2.68. The third-order valence-electron chi connectivity index (χ3n) is 12.2. The van der Waals surface area contributed by atoms with Crippen LogP contribution in [0.5, 0.6) is 0 Å². The smallest absolute Gasteiger partial charge is 0.261 e. The molecule has 2 aromatic carbocycles. The zero-order chi connectivity index (χ0) is 34.7. The Hall–Kier alpha value is -2.31. The van der Waals surface area contributed by atoms with Crippen molar-refractivity contribution < 1.29 is 19.0 Å². The van der Waals surface area contributed by atoms with Gasteiger partial charge in [0.05, 0.1) is 24.1 Å². The molecule has 0 saturated heterocycles. The van der Waals surface area contributed by atoms with E-state index in [-0.39, 0.29) is 10.5 Å². The molecule has 0 radical (unpaired) electrons. The van der Waals surface area contributed by atoms with Gasteiger partial charge in [0, 0.05) is 12.0 Å². The van der Waals surface area contributed by atoms with Gasteiger partial charge in [0.1, 0.15) is 0 Å². The van der Waals surface area contributed by atoms with Crippen LogP contribution in [0.3, 0.4) is 0 Å². The molecule has 0 bridgehead atoms. The summed E-state index contributed by atoms with van der Waals surface area (Å²) in [5.41, 5.74) is 2.60. The van der Waals surface area contributed by atoms with Crippen LogP contribution in [0.15, 0.2) is 95.9 Å². The Bertz CT molecular complexity index is 1410. The number of fused-ring (bicyclic) bond motifs is 1. The molecule has 0 aliphatic heterocycles. The minimum Gasteiger partial charge on any atom is -0.400 e. The largest absolute Gasteiger partial charge is 0.400 e. The maximum Gasteiger partial charge on any atom is 0.261 e. The number of halogens is 1. The topological polar surface area (TPSA) is 49.7 Å². The van der Waals surface area contributed by atoms with Crippen LogP contribution < -0.4 is 10.4 Å². The summed E-state index contributed by atoms with van der Waals surface area (Å²) in [7, 11) is -2.95. The van der Waals surface area contributed by atoms with Gasteiger partial charge in [-0.05, 0) is 103 Å². The third-order valence-corrected chi connectivity index (χ3v) is 17.2. The van der Waals surface area contributed by atoms with Crippen molar-refractivity contribution >= 4 is 18.7 Å². The molecule has 0 amide bonds. The number of hydrogen-bond donors (Lipinski definition) is 2. The van der Waals surface area contributed by atoms with E-state index in [1.54, 1.807) is 0 Å². The maximum atomic E-state index is 15.2. The highest BCUT2D eigenvalue weighted by molar-refractivity contribution is 6.99. The van der Waals surface area contributed by atoms with E-state index in [1.165, 1.54) is 31.3 Å². The van der Waals surface area contributed by atoms with Crippen molar-refractivity contribution in [1.82, 2.24) is 0 Å². The fraction of sp³-hybridized carbons (Fsp3) is 0.581. The van der Waals surface area contributed by atoms with Crippen molar-refractivity contribution in [2.24, 2.45) is 23.2 Å². The Labute approximate surface area is 291 Å². The molecule has 2 N–H and O–H groups in total. The van der Waals surface area contributed by atoms with E-state index in [1.807, 2.05) is 26.0 Å². The number of hydrogen-bond acceptors (Lipinski definition) is 3. The summed E-state index contributed by atoms with van der Waals surface area (Å²) >= 11 is 0. The molecule has 0 spiro atoms. The van der Waals surface area contributed by atoms with Crippen LogP contribution >= 0.6 is 0 Å². The molecule has 3 aliphatic carbocycles. The van der Waals surface area contributed by atoms with Crippen molar-refractivity contribution in [2.45, 2.75) is 136 Å². The predicted octanol–water partition coefficient (Wildman–Crippen LogP) is 9.59. The number of benzene rings is 2. The van der Waals surface area contributed by atoms with Crippen LogP contribution in [0.25, 0.3) is 0 Å². The number of aliphatic hydroxyl groups excluding tert-OH is 1. The van der Waals surface area contributed by atoms with Crippen molar-refractivity contribution in [3.05, 3.63) is 95.9 Å². The van der Waals surface area contributed by atoms with E-state index in [4.69, 9.17) is 4.43 Å². The van der Waals surface area contributed by atoms with E-state index in [0.29, 0.717) is 36.2 Å². The van der Waals surface area contributed by atoms with Crippen molar-refractivity contribution in [2.75, 3.05) is 0 Å². The summed E-state index contributed by atoms with van der Waals surface area (Å²) in [6, 6.07) is 21.0. The van der Waals surface area contributed by atoms with Crippen LogP contribution in [-0.4, -0.2) is 36.3 Å². The van der Waals surface area contributed by atoms with Crippen molar-refractivity contribution in [1.29, 1.82) is 0 Å². The molecule has 2 aromatic rings. The third kappa shape index (κ3) is 7.70. The molecule has 3 aliphatic rings. The van der Waals surface area contributed by atoms with Crippen LogP contribution in [0, 0.1) is 23.2 Å². The van der Waals surface area contributed by atoms with Crippen molar-refractivity contribution in [3.63, 3.8) is 0 Å². The first-order valence-electron chi connectivity index (χ1n) is 18.6. The summed E-state index contributed by atoms with van der Waals surface area (Å²) in [5, 5.41) is 23.6. The molecule has 6 atom stereocenters. The Kier molecular flexibility index (Phi) is 11.5. The Morgan fingerprint density at radius 3 is 2.17 bits per heavy atom. The van der Waals surface area contributed by atoms with Gasteiger partial charge in [0.2, 0.25) is 0 Å². The fourth-order valence-electron chi connectivity index (χ4n) is 9.84. The van der Waals surface area contributed by atoms with E-state index >= 15 is 4.39 Å². The average Bonchev–Trinajstić information content (AvgIpc) is 3.39. The first kappa shape index (κ1) is 37.0. The van der Waals surface area contributed by atoms with E-state index in [0.717, 1.165) is 48.0 Å². The average molecular weight is 673 g/mol. The molecule has 5 rings (SSSR count). The van der Waals surface area contributed by atoms with Crippen LogP contribution in [0.1, 0.15) is 113 Å².